The second kappa shape index (κ2) is 5.39. The largest absolute Gasteiger partial charge is 0.321 e. The lowest BCUT2D eigenvalue weighted by Gasteiger charge is -2.30. The lowest BCUT2D eigenvalue weighted by Crippen LogP contribution is -2.38. The minimum atomic E-state index is -2.42. The fraction of sp³-hybridized carbons (Fsp3) is 0.900. The average Bonchev–Trinajstić information content (AvgIpc) is 2.03. The maximum atomic E-state index is 12.7. The van der Waals surface area contributed by atoms with Crippen LogP contribution in [0.5, 0.6) is 0 Å². The van der Waals surface area contributed by atoms with Gasteiger partial charge in [-0.05, 0) is 19.8 Å². The molecule has 0 aliphatic heterocycles. The van der Waals surface area contributed by atoms with Crippen molar-refractivity contribution in [3.8, 4) is 0 Å². The molecule has 2 unspecified atom stereocenters. The Morgan fingerprint density at radius 3 is 2.29 bits per heavy atom. The van der Waals surface area contributed by atoms with Crippen molar-refractivity contribution in [2.75, 3.05) is 0 Å². The summed E-state index contributed by atoms with van der Waals surface area (Å²) in [4.78, 5) is 10.9. The number of carbonyl (C=O) groups is 1. The van der Waals surface area contributed by atoms with Gasteiger partial charge in [-0.1, -0.05) is 20.3 Å². The molecule has 0 aliphatic rings. The van der Waals surface area contributed by atoms with Gasteiger partial charge in [0.25, 0.3) is 0 Å². The highest BCUT2D eigenvalue weighted by Crippen LogP contribution is 2.35. The highest BCUT2D eigenvalue weighted by molar-refractivity contribution is 5.81. The lowest BCUT2D eigenvalue weighted by atomic mass is 9.79. The number of hydrogen-bond donors (Lipinski definition) is 1. The van der Waals surface area contributed by atoms with Crippen LogP contribution in [0.15, 0.2) is 0 Å². The Hall–Kier alpha value is -0.510. The maximum Gasteiger partial charge on any atom is 0.243 e. The molecule has 0 aromatic carbocycles. The van der Waals surface area contributed by atoms with Crippen LogP contribution >= 0.6 is 0 Å². The van der Waals surface area contributed by atoms with Crippen LogP contribution in [0.1, 0.15) is 40.0 Å². The monoisotopic (exact) mass is 207 g/mol. The van der Waals surface area contributed by atoms with Crippen LogP contribution in [-0.2, 0) is 4.79 Å². The summed E-state index contributed by atoms with van der Waals surface area (Å²) in [6, 6.07) is -0.763. The molecular weight excluding hydrogens is 188 g/mol. The van der Waals surface area contributed by atoms with Gasteiger partial charge in [-0.3, -0.25) is 4.79 Å². The van der Waals surface area contributed by atoms with Gasteiger partial charge in [-0.25, -0.2) is 8.78 Å². The van der Waals surface area contributed by atoms with Gasteiger partial charge in [-0.2, -0.15) is 0 Å². The summed E-state index contributed by atoms with van der Waals surface area (Å²) in [6.45, 7) is 4.67. The molecule has 0 heterocycles. The molecule has 0 radical (unpaired) electrons. The Morgan fingerprint density at radius 1 is 1.50 bits per heavy atom. The first kappa shape index (κ1) is 13.5. The van der Waals surface area contributed by atoms with Gasteiger partial charge in [0.15, 0.2) is 0 Å². The number of rotatable bonds is 6. The molecule has 0 saturated heterocycles. The number of Topliss-reactive ketones (excluding diaryl/α,β-unsaturated/α-hetero) is 1. The predicted molar refractivity (Wildman–Crippen MR) is 52.3 cm³/mol. The molecule has 0 fully saturated rings. The number of carbonyl (C=O) groups excluding carboxylic acids is 1. The lowest BCUT2D eigenvalue weighted by molar-refractivity contribution is -0.119. The second-order valence-corrected chi connectivity index (χ2v) is 4.13. The van der Waals surface area contributed by atoms with Crippen molar-refractivity contribution in [2.24, 2.45) is 11.1 Å². The van der Waals surface area contributed by atoms with Crippen molar-refractivity contribution in [3.05, 3.63) is 0 Å². The molecule has 84 valence electrons. The summed E-state index contributed by atoms with van der Waals surface area (Å²) >= 11 is 0. The molecule has 0 rings (SSSR count). The third-order valence-electron chi connectivity index (χ3n) is 2.56. The molecule has 2 N–H and O–H groups in total. The van der Waals surface area contributed by atoms with Gasteiger partial charge in [0.05, 0.1) is 6.04 Å². The van der Waals surface area contributed by atoms with E-state index in [1.807, 2.05) is 6.92 Å². The maximum absolute atomic E-state index is 12.7. The first-order valence-corrected chi connectivity index (χ1v) is 4.87. The van der Waals surface area contributed by atoms with Crippen LogP contribution in [0.25, 0.3) is 0 Å². The number of hydrogen-bond acceptors (Lipinski definition) is 2. The van der Waals surface area contributed by atoms with Crippen molar-refractivity contribution >= 4 is 5.78 Å². The normalized spacial score (nSPS) is 17.9. The average molecular weight is 207 g/mol. The Labute approximate surface area is 83.9 Å². The van der Waals surface area contributed by atoms with Crippen LogP contribution in [0.3, 0.4) is 0 Å². The number of nitrogens with two attached hydrogens (primary N) is 1. The minimum absolute atomic E-state index is 0.0633. The Morgan fingerprint density at radius 2 is 2.00 bits per heavy atom. The molecule has 0 amide bonds. The van der Waals surface area contributed by atoms with Crippen LogP contribution in [0, 0.1) is 5.41 Å². The van der Waals surface area contributed by atoms with Crippen molar-refractivity contribution < 1.29 is 13.6 Å². The van der Waals surface area contributed by atoms with Crippen LogP contribution in [-0.4, -0.2) is 18.3 Å². The zero-order valence-corrected chi connectivity index (χ0v) is 9.02. The molecule has 0 aromatic heterocycles. The Bertz CT molecular complexity index is 197. The molecule has 0 aromatic rings. The molecule has 0 aliphatic carbocycles. The van der Waals surface area contributed by atoms with E-state index in [9.17, 15) is 13.6 Å². The van der Waals surface area contributed by atoms with E-state index in [1.54, 1.807) is 0 Å². The summed E-state index contributed by atoms with van der Waals surface area (Å²) in [7, 11) is 0. The summed E-state index contributed by atoms with van der Waals surface area (Å²) in [5.74, 6) is -0.229. The van der Waals surface area contributed by atoms with Crippen molar-refractivity contribution in [1.29, 1.82) is 0 Å². The molecule has 0 bridgehead atoms. The quantitative estimate of drug-likeness (QED) is 0.726. The molecule has 4 heteroatoms. The number of ketones is 1. The topological polar surface area (TPSA) is 43.1 Å². The fourth-order valence-electron chi connectivity index (χ4n) is 1.52. The van der Waals surface area contributed by atoms with Gasteiger partial charge in [-0.15, -0.1) is 0 Å². The van der Waals surface area contributed by atoms with Crippen LogP contribution < -0.4 is 5.73 Å². The third-order valence-corrected chi connectivity index (χ3v) is 2.56. The van der Waals surface area contributed by atoms with Crippen LogP contribution in [0.2, 0.25) is 0 Å². The first-order valence-electron chi connectivity index (χ1n) is 4.87. The predicted octanol–water partition coefficient (Wildman–Crippen LogP) is 2.36. The minimum Gasteiger partial charge on any atom is -0.321 e. The van der Waals surface area contributed by atoms with Gasteiger partial charge in [0, 0.05) is 5.41 Å². The van der Waals surface area contributed by atoms with E-state index >= 15 is 0 Å². The first-order chi connectivity index (χ1) is 6.33. The highest BCUT2D eigenvalue weighted by atomic mass is 19.3. The van der Waals surface area contributed by atoms with E-state index in [-0.39, 0.29) is 12.2 Å². The number of alkyl halides is 2. The number of halogens is 2. The zero-order chi connectivity index (χ0) is 11.4. The van der Waals surface area contributed by atoms with E-state index in [0.29, 0.717) is 12.8 Å². The molecule has 0 saturated carbocycles. The zero-order valence-electron chi connectivity index (χ0n) is 9.02. The van der Waals surface area contributed by atoms with E-state index < -0.39 is 17.9 Å². The summed E-state index contributed by atoms with van der Waals surface area (Å²) in [6.07, 6.45) is -1.29. The summed E-state index contributed by atoms with van der Waals surface area (Å²) < 4.78 is 25.5. The third kappa shape index (κ3) is 3.70. The summed E-state index contributed by atoms with van der Waals surface area (Å²) in [5.41, 5.74) is 4.36. The Balaban J connectivity index is 4.43. The smallest absolute Gasteiger partial charge is 0.243 e. The van der Waals surface area contributed by atoms with Gasteiger partial charge >= 0.3 is 0 Å². The van der Waals surface area contributed by atoms with Gasteiger partial charge in [0.1, 0.15) is 5.78 Å². The molecule has 2 atom stereocenters. The molecule has 14 heavy (non-hydrogen) atoms. The van der Waals surface area contributed by atoms with Crippen molar-refractivity contribution in [2.45, 2.75) is 52.5 Å². The van der Waals surface area contributed by atoms with Gasteiger partial charge in [0.2, 0.25) is 6.43 Å². The van der Waals surface area contributed by atoms with E-state index in [2.05, 4.69) is 0 Å². The van der Waals surface area contributed by atoms with E-state index in [1.165, 1.54) is 13.8 Å². The molecule has 2 nitrogen and oxygen atoms in total. The molecule has 0 spiro atoms. The SMILES string of the molecule is CCCC(C)(CC(N)C(C)=O)C(F)F. The van der Waals surface area contributed by atoms with E-state index in [0.717, 1.165) is 0 Å². The standard InChI is InChI=1S/C10H19F2NO/c1-4-5-10(3,9(11)12)6-8(13)7(2)14/h8-9H,4-6,13H2,1-3H3. The second-order valence-electron chi connectivity index (χ2n) is 4.13. The van der Waals surface area contributed by atoms with Crippen molar-refractivity contribution in [1.82, 2.24) is 0 Å². The summed E-state index contributed by atoms with van der Waals surface area (Å²) in [5, 5.41) is 0. The van der Waals surface area contributed by atoms with E-state index in [4.69, 9.17) is 5.73 Å². The molecular formula is C10H19F2NO. The highest BCUT2D eigenvalue weighted by Gasteiger charge is 2.36. The van der Waals surface area contributed by atoms with Crippen LogP contribution in [0.4, 0.5) is 8.78 Å². The Kier molecular flexibility index (Phi) is 5.19. The van der Waals surface area contributed by atoms with Crippen molar-refractivity contribution in [3.63, 3.8) is 0 Å². The van der Waals surface area contributed by atoms with Gasteiger partial charge < -0.3 is 5.73 Å². The fourth-order valence-corrected chi connectivity index (χ4v) is 1.52.